The minimum absolute atomic E-state index is 0.0684. The molecule has 0 bridgehead atoms. The summed E-state index contributed by atoms with van der Waals surface area (Å²) in [5.74, 6) is 1.73. The Labute approximate surface area is 158 Å². The largest absolute Gasteiger partial charge is 0.490 e. The van der Waals surface area contributed by atoms with E-state index in [9.17, 15) is 0 Å². The van der Waals surface area contributed by atoms with E-state index in [1.807, 2.05) is 32.0 Å². The number of hydrogen-bond acceptors (Lipinski definition) is 6. The highest BCUT2D eigenvalue weighted by Gasteiger charge is 2.25. The highest BCUT2D eigenvalue weighted by Crippen LogP contribution is 2.35. The molecule has 1 N–H and O–H groups in total. The zero-order chi connectivity index (χ0) is 18.8. The molecule has 7 heteroatoms. The maximum absolute atomic E-state index is 6.15. The van der Waals surface area contributed by atoms with Crippen molar-refractivity contribution in [3.8, 4) is 17.1 Å². The van der Waals surface area contributed by atoms with Crippen LogP contribution in [0.3, 0.4) is 0 Å². The van der Waals surface area contributed by atoms with Crippen LogP contribution in [0.4, 0.5) is 5.82 Å². The highest BCUT2D eigenvalue weighted by molar-refractivity contribution is 5.95. The normalized spacial score (nSPS) is 17.6. The van der Waals surface area contributed by atoms with Gasteiger partial charge in [0.05, 0.1) is 31.1 Å². The van der Waals surface area contributed by atoms with Crippen LogP contribution in [0.5, 0.6) is 5.75 Å². The molecule has 0 saturated carbocycles. The van der Waals surface area contributed by atoms with Crippen LogP contribution >= 0.6 is 0 Å². The average molecular weight is 367 g/mol. The van der Waals surface area contributed by atoms with Gasteiger partial charge in [-0.05, 0) is 32.4 Å². The molecule has 7 nitrogen and oxygen atoms in total. The maximum atomic E-state index is 6.15. The van der Waals surface area contributed by atoms with Crippen LogP contribution in [0, 0.1) is 0 Å². The van der Waals surface area contributed by atoms with Gasteiger partial charge in [0, 0.05) is 30.4 Å². The van der Waals surface area contributed by atoms with E-state index in [2.05, 4.69) is 27.0 Å². The Kier molecular flexibility index (Phi) is 4.94. The van der Waals surface area contributed by atoms with Gasteiger partial charge in [-0.1, -0.05) is 6.92 Å². The number of aromatic nitrogens is 4. The van der Waals surface area contributed by atoms with Gasteiger partial charge in [0.15, 0.2) is 0 Å². The number of nitrogens with one attached hydrogen (secondary N) is 1. The summed E-state index contributed by atoms with van der Waals surface area (Å²) in [6.45, 7) is 8.49. The highest BCUT2D eigenvalue weighted by atomic mass is 16.5. The van der Waals surface area contributed by atoms with Gasteiger partial charge >= 0.3 is 0 Å². The summed E-state index contributed by atoms with van der Waals surface area (Å²) in [4.78, 5) is 11.9. The third kappa shape index (κ3) is 3.47. The first kappa shape index (κ1) is 17.7. The number of pyridine rings is 2. The van der Waals surface area contributed by atoms with Crippen molar-refractivity contribution in [1.82, 2.24) is 20.2 Å². The SMILES string of the molecule is CCC1COCCN1c1cc(OC(C)C)c2ccnc(-c3ccn[nH]3)c2n1. The molecule has 0 aromatic carbocycles. The molecule has 142 valence electrons. The van der Waals surface area contributed by atoms with Gasteiger partial charge in [0.2, 0.25) is 0 Å². The van der Waals surface area contributed by atoms with Crippen LogP contribution in [0.1, 0.15) is 27.2 Å². The van der Waals surface area contributed by atoms with Crippen LogP contribution < -0.4 is 9.64 Å². The first-order valence-corrected chi connectivity index (χ1v) is 9.48. The van der Waals surface area contributed by atoms with Crippen molar-refractivity contribution in [2.24, 2.45) is 0 Å². The van der Waals surface area contributed by atoms with Crippen molar-refractivity contribution >= 4 is 16.7 Å². The number of fused-ring (bicyclic) bond motifs is 1. The van der Waals surface area contributed by atoms with Crippen LogP contribution in [0.25, 0.3) is 22.3 Å². The number of rotatable bonds is 5. The van der Waals surface area contributed by atoms with E-state index < -0.39 is 0 Å². The Morgan fingerprint density at radius 2 is 2.22 bits per heavy atom. The van der Waals surface area contributed by atoms with Gasteiger partial charge in [-0.15, -0.1) is 0 Å². The van der Waals surface area contributed by atoms with Crippen LogP contribution in [-0.4, -0.2) is 52.1 Å². The Bertz CT molecular complexity index is 910. The Balaban J connectivity index is 1.90. The topological polar surface area (TPSA) is 76.2 Å². The molecule has 4 rings (SSSR count). The molecule has 4 heterocycles. The lowest BCUT2D eigenvalue weighted by Crippen LogP contribution is -2.45. The molecule has 1 aliphatic rings. The van der Waals surface area contributed by atoms with Crippen LogP contribution in [0.2, 0.25) is 0 Å². The summed E-state index contributed by atoms with van der Waals surface area (Å²) in [7, 11) is 0. The summed E-state index contributed by atoms with van der Waals surface area (Å²) in [5, 5.41) is 8.01. The van der Waals surface area contributed by atoms with Crippen LogP contribution in [0.15, 0.2) is 30.6 Å². The van der Waals surface area contributed by atoms with Gasteiger partial charge in [-0.3, -0.25) is 10.1 Å². The molecule has 1 unspecified atom stereocenters. The van der Waals surface area contributed by atoms with Gasteiger partial charge in [-0.2, -0.15) is 5.10 Å². The van der Waals surface area contributed by atoms with Crippen molar-refractivity contribution < 1.29 is 9.47 Å². The number of nitrogens with zero attached hydrogens (tertiary/aromatic N) is 4. The van der Waals surface area contributed by atoms with Crippen LogP contribution in [-0.2, 0) is 4.74 Å². The molecule has 0 radical (unpaired) electrons. The molecule has 3 aromatic rings. The summed E-state index contributed by atoms with van der Waals surface area (Å²) in [5.41, 5.74) is 2.44. The molecular weight excluding hydrogens is 342 g/mol. The van der Waals surface area contributed by atoms with Crippen molar-refractivity contribution in [3.05, 3.63) is 30.6 Å². The molecule has 1 saturated heterocycles. The number of hydrogen-bond donors (Lipinski definition) is 1. The molecule has 3 aromatic heterocycles. The second kappa shape index (κ2) is 7.52. The van der Waals surface area contributed by atoms with E-state index in [4.69, 9.17) is 14.5 Å². The quantitative estimate of drug-likeness (QED) is 0.745. The van der Waals surface area contributed by atoms with E-state index in [1.54, 1.807) is 12.4 Å². The van der Waals surface area contributed by atoms with E-state index in [0.29, 0.717) is 12.6 Å². The van der Waals surface area contributed by atoms with Gasteiger partial charge in [-0.25, -0.2) is 4.98 Å². The second-order valence-corrected chi connectivity index (χ2v) is 7.00. The lowest BCUT2D eigenvalue weighted by atomic mass is 10.1. The molecule has 0 aliphatic carbocycles. The molecular formula is C20H25N5O2. The predicted molar refractivity (Wildman–Crippen MR) is 105 cm³/mol. The Hall–Kier alpha value is -2.67. The van der Waals surface area contributed by atoms with E-state index in [0.717, 1.165) is 53.4 Å². The fourth-order valence-corrected chi connectivity index (χ4v) is 3.49. The third-order valence-electron chi connectivity index (χ3n) is 4.79. The number of aromatic amines is 1. The van der Waals surface area contributed by atoms with Crippen molar-refractivity contribution in [3.63, 3.8) is 0 Å². The first-order chi connectivity index (χ1) is 13.2. The Morgan fingerprint density at radius 1 is 1.33 bits per heavy atom. The molecule has 1 atom stereocenters. The molecule has 0 spiro atoms. The number of anilines is 1. The fourth-order valence-electron chi connectivity index (χ4n) is 3.49. The molecule has 1 aliphatic heterocycles. The lowest BCUT2D eigenvalue weighted by molar-refractivity contribution is 0.0925. The van der Waals surface area contributed by atoms with Crippen molar-refractivity contribution in [2.75, 3.05) is 24.7 Å². The second-order valence-electron chi connectivity index (χ2n) is 7.00. The molecule has 27 heavy (non-hydrogen) atoms. The third-order valence-corrected chi connectivity index (χ3v) is 4.79. The molecule has 1 fully saturated rings. The number of ether oxygens (including phenoxy) is 2. The monoisotopic (exact) mass is 367 g/mol. The van der Waals surface area contributed by atoms with E-state index in [-0.39, 0.29) is 6.10 Å². The van der Waals surface area contributed by atoms with E-state index >= 15 is 0 Å². The minimum Gasteiger partial charge on any atom is -0.490 e. The van der Waals surface area contributed by atoms with Gasteiger partial charge in [0.1, 0.15) is 22.8 Å². The zero-order valence-electron chi connectivity index (χ0n) is 16.0. The smallest absolute Gasteiger partial charge is 0.133 e. The predicted octanol–water partition coefficient (Wildman–Crippen LogP) is 3.42. The summed E-state index contributed by atoms with van der Waals surface area (Å²) >= 11 is 0. The zero-order valence-corrected chi connectivity index (χ0v) is 16.0. The first-order valence-electron chi connectivity index (χ1n) is 9.48. The fraction of sp³-hybridized carbons (Fsp3) is 0.450. The summed E-state index contributed by atoms with van der Waals surface area (Å²) < 4.78 is 11.8. The summed E-state index contributed by atoms with van der Waals surface area (Å²) in [6, 6.07) is 6.22. The maximum Gasteiger partial charge on any atom is 0.133 e. The Morgan fingerprint density at radius 3 is 2.96 bits per heavy atom. The lowest BCUT2D eigenvalue weighted by Gasteiger charge is -2.36. The minimum atomic E-state index is 0.0684. The standard InChI is InChI=1S/C20H25N5O2/c1-4-14-12-26-10-9-25(14)18-11-17(27-13(2)3)15-5-7-21-20(19(15)23-18)16-6-8-22-24-16/h5-8,11,13-14H,4,9-10,12H2,1-3H3,(H,22,24). The van der Waals surface area contributed by atoms with E-state index in [1.165, 1.54) is 0 Å². The average Bonchev–Trinajstić information content (AvgIpc) is 3.21. The van der Waals surface area contributed by atoms with Gasteiger partial charge < -0.3 is 14.4 Å². The van der Waals surface area contributed by atoms with Gasteiger partial charge in [0.25, 0.3) is 0 Å². The number of morpholine rings is 1. The van der Waals surface area contributed by atoms with Crippen molar-refractivity contribution in [2.45, 2.75) is 39.3 Å². The molecule has 0 amide bonds. The number of H-pyrrole nitrogens is 1. The summed E-state index contributed by atoms with van der Waals surface area (Å²) in [6.07, 6.45) is 4.58. The van der Waals surface area contributed by atoms with Crippen molar-refractivity contribution in [1.29, 1.82) is 0 Å².